The van der Waals surface area contributed by atoms with E-state index in [4.69, 9.17) is 10.6 Å². The largest absolute Gasteiger partial charge is 0.381 e. The van der Waals surface area contributed by atoms with Gasteiger partial charge in [0, 0.05) is 19.6 Å². The molecule has 84 valence electrons. The zero-order chi connectivity index (χ0) is 10.8. The first-order chi connectivity index (χ1) is 6.66. The van der Waals surface area contributed by atoms with E-state index in [0.29, 0.717) is 12.3 Å². The van der Waals surface area contributed by atoms with E-state index in [9.17, 15) is 4.79 Å². The minimum Gasteiger partial charge on any atom is -0.381 e. The van der Waals surface area contributed by atoms with E-state index < -0.39 is 0 Å². The normalized spacial score (nSPS) is 10.6. The summed E-state index contributed by atoms with van der Waals surface area (Å²) in [5.41, 5.74) is 2.10. The number of hydrazine groups is 1. The van der Waals surface area contributed by atoms with Crippen molar-refractivity contribution in [2.75, 3.05) is 13.2 Å². The average Bonchev–Trinajstić information content (AvgIpc) is 2.15. The van der Waals surface area contributed by atoms with Crippen molar-refractivity contribution in [2.24, 2.45) is 11.8 Å². The van der Waals surface area contributed by atoms with Crippen LogP contribution in [0.3, 0.4) is 0 Å². The average molecular weight is 202 g/mol. The van der Waals surface area contributed by atoms with E-state index in [2.05, 4.69) is 19.3 Å². The van der Waals surface area contributed by atoms with Crippen LogP contribution in [0.2, 0.25) is 0 Å². The van der Waals surface area contributed by atoms with Crippen LogP contribution in [0.25, 0.3) is 0 Å². The van der Waals surface area contributed by atoms with Crippen LogP contribution in [-0.2, 0) is 9.53 Å². The second-order valence-corrected chi connectivity index (χ2v) is 3.82. The minimum atomic E-state index is -0.104. The molecule has 0 fully saturated rings. The molecule has 0 saturated heterocycles. The zero-order valence-corrected chi connectivity index (χ0v) is 9.21. The van der Waals surface area contributed by atoms with Gasteiger partial charge in [0.05, 0.1) is 0 Å². The van der Waals surface area contributed by atoms with Crippen LogP contribution in [-0.4, -0.2) is 19.1 Å². The van der Waals surface area contributed by atoms with Crippen LogP contribution < -0.4 is 11.3 Å². The van der Waals surface area contributed by atoms with Gasteiger partial charge in [-0.1, -0.05) is 13.8 Å². The molecule has 0 spiro atoms. The lowest BCUT2D eigenvalue weighted by atomic mass is 10.1. The van der Waals surface area contributed by atoms with E-state index in [-0.39, 0.29) is 5.91 Å². The lowest BCUT2D eigenvalue weighted by Crippen LogP contribution is -2.29. The number of nitrogens with two attached hydrogens (primary N) is 1. The maximum absolute atomic E-state index is 10.7. The van der Waals surface area contributed by atoms with Crippen LogP contribution in [0.1, 0.15) is 39.5 Å². The molecule has 0 aromatic rings. The molecule has 3 N–H and O–H groups in total. The Morgan fingerprint density at radius 3 is 2.64 bits per heavy atom. The molecule has 1 amide bonds. The van der Waals surface area contributed by atoms with Gasteiger partial charge in [-0.05, 0) is 25.2 Å². The Labute approximate surface area is 86.2 Å². The van der Waals surface area contributed by atoms with Crippen molar-refractivity contribution in [1.29, 1.82) is 0 Å². The fraction of sp³-hybridized carbons (Fsp3) is 0.900. The summed E-state index contributed by atoms with van der Waals surface area (Å²) in [5.74, 6) is 5.53. The van der Waals surface area contributed by atoms with E-state index in [1.54, 1.807) is 0 Å². The molecule has 0 rings (SSSR count). The van der Waals surface area contributed by atoms with Gasteiger partial charge < -0.3 is 4.74 Å². The van der Waals surface area contributed by atoms with E-state index in [0.717, 1.165) is 32.5 Å². The Kier molecular flexibility index (Phi) is 8.57. The second-order valence-electron chi connectivity index (χ2n) is 3.82. The topological polar surface area (TPSA) is 64.3 Å². The molecule has 0 atom stereocenters. The highest BCUT2D eigenvalue weighted by atomic mass is 16.5. The van der Waals surface area contributed by atoms with Crippen molar-refractivity contribution in [3.05, 3.63) is 0 Å². The van der Waals surface area contributed by atoms with Crippen molar-refractivity contribution in [2.45, 2.75) is 39.5 Å². The summed E-state index contributed by atoms with van der Waals surface area (Å²) in [6.45, 7) is 5.91. The molecule has 0 radical (unpaired) electrons. The van der Waals surface area contributed by atoms with Gasteiger partial charge in [0.1, 0.15) is 0 Å². The zero-order valence-electron chi connectivity index (χ0n) is 9.21. The molecule has 0 heterocycles. The van der Waals surface area contributed by atoms with Crippen molar-refractivity contribution in [3.8, 4) is 0 Å². The van der Waals surface area contributed by atoms with Crippen LogP contribution in [0.5, 0.6) is 0 Å². The number of hydrogen-bond acceptors (Lipinski definition) is 3. The van der Waals surface area contributed by atoms with Gasteiger partial charge in [0.2, 0.25) is 5.91 Å². The van der Waals surface area contributed by atoms with Crippen LogP contribution in [0.15, 0.2) is 0 Å². The number of nitrogens with one attached hydrogen (secondary N) is 1. The quantitative estimate of drug-likeness (QED) is 0.269. The fourth-order valence-corrected chi connectivity index (χ4v) is 0.983. The summed E-state index contributed by atoms with van der Waals surface area (Å²) in [6.07, 6.45) is 3.35. The summed E-state index contributed by atoms with van der Waals surface area (Å²) in [5, 5.41) is 0. The van der Waals surface area contributed by atoms with E-state index >= 15 is 0 Å². The first-order valence-electron chi connectivity index (χ1n) is 5.24. The first-order valence-corrected chi connectivity index (χ1v) is 5.24. The molecule has 0 aliphatic heterocycles. The summed E-state index contributed by atoms with van der Waals surface area (Å²) in [7, 11) is 0. The third-order valence-electron chi connectivity index (χ3n) is 1.94. The van der Waals surface area contributed by atoms with E-state index in [1.165, 1.54) is 0 Å². The molecule has 0 aliphatic rings. The maximum Gasteiger partial charge on any atom is 0.233 e. The number of amides is 1. The Balaban J connectivity index is 3.03. The molecule has 0 aromatic carbocycles. The first kappa shape index (κ1) is 13.4. The maximum atomic E-state index is 10.7. The molecule has 0 bridgehead atoms. The van der Waals surface area contributed by atoms with Crippen LogP contribution >= 0.6 is 0 Å². The van der Waals surface area contributed by atoms with Gasteiger partial charge in [-0.25, -0.2) is 5.84 Å². The number of carbonyl (C=O) groups excluding carboxylic acids is 1. The fourth-order valence-electron chi connectivity index (χ4n) is 0.983. The molecule has 4 heteroatoms. The molecular weight excluding hydrogens is 180 g/mol. The second kappa shape index (κ2) is 8.97. The number of ether oxygens (including phenoxy) is 1. The minimum absolute atomic E-state index is 0.104. The highest BCUT2D eigenvalue weighted by Gasteiger charge is 1.98. The molecule has 0 aromatic heterocycles. The summed E-state index contributed by atoms with van der Waals surface area (Å²) < 4.78 is 5.40. The molecule has 14 heavy (non-hydrogen) atoms. The molecule has 4 nitrogen and oxygen atoms in total. The summed E-state index contributed by atoms with van der Waals surface area (Å²) in [4.78, 5) is 10.7. The van der Waals surface area contributed by atoms with Gasteiger partial charge in [-0.15, -0.1) is 0 Å². The number of rotatable bonds is 8. The van der Waals surface area contributed by atoms with Gasteiger partial charge in [-0.2, -0.15) is 0 Å². The van der Waals surface area contributed by atoms with Crippen molar-refractivity contribution >= 4 is 5.91 Å². The predicted molar refractivity (Wildman–Crippen MR) is 56.5 cm³/mol. The highest BCUT2D eigenvalue weighted by Crippen LogP contribution is 2.00. The van der Waals surface area contributed by atoms with Crippen molar-refractivity contribution in [3.63, 3.8) is 0 Å². The SMILES string of the molecule is CC(C)CCOCCCCC(=O)NN. The van der Waals surface area contributed by atoms with Crippen LogP contribution in [0, 0.1) is 5.92 Å². The van der Waals surface area contributed by atoms with Gasteiger partial charge in [0.25, 0.3) is 0 Å². The number of hydrogen-bond donors (Lipinski definition) is 2. The molecular formula is C10H22N2O2. The van der Waals surface area contributed by atoms with Gasteiger partial charge in [0.15, 0.2) is 0 Å². The Morgan fingerprint density at radius 1 is 1.36 bits per heavy atom. The number of carbonyl (C=O) groups is 1. The predicted octanol–water partition coefficient (Wildman–Crippen LogP) is 1.21. The van der Waals surface area contributed by atoms with Crippen LogP contribution in [0.4, 0.5) is 0 Å². The Hall–Kier alpha value is -0.610. The van der Waals surface area contributed by atoms with Crippen molar-refractivity contribution in [1.82, 2.24) is 5.43 Å². The van der Waals surface area contributed by atoms with Crippen molar-refractivity contribution < 1.29 is 9.53 Å². The lowest BCUT2D eigenvalue weighted by molar-refractivity contribution is -0.121. The third kappa shape index (κ3) is 9.48. The van der Waals surface area contributed by atoms with Gasteiger partial charge in [-0.3, -0.25) is 10.2 Å². The standard InChI is InChI=1S/C10H22N2O2/c1-9(2)6-8-14-7-4-3-5-10(13)12-11/h9H,3-8,11H2,1-2H3,(H,12,13). The van der Waals surface area contributed by atoms with Gasteiger partial charge >= 0.3 is 0 Å². The molecule has 0 unspecified atom stereocenters. The number of unbranched alkanes of at least 4 members (excludes halogenated alkanes) is 1. The van der Waals surface area contributed by atoms with E-state index in [1.807, 2.05) is 0 Å². The molecule has 0 saturated carbocycles. The smallest absolute Gasteiger partial charge is 0.233 e. The molecule has 0 aliphatic carbocycles. The lowest BCUT2D eigenvalue weighted by Gasteiger charge is -2.05. The summed E-state index contributed by atoms with van der Waals surface area (Å²) in [6, 6.07) is 0. The Morgan fingerprint density at radius 2 is 2.07 bits per heavy atom. The monoisotopic (exact) mass is 202 g/mol. The summed E-state index contributed by atoms with van der Waals surface area (Å²) >= 11 is 0. The third-order valence-corrected chi connectivity index (χ3v) is 1.94. The highest BCUT2D eigenvalue weighted by molar-refractivity contribution is 5.74. The Bertz CT molecular complexity index is 149.